The minimum Gasteiger partial charge on any atom is -0.341 e. The monoisotopic (exact) mass is 247 g/mol. The van der Waals surface area contributed by atoms with E-state index in [-0.39, 0.29) is 5.91 Å². The molecule has 1 N–H and O–H groups in total. The van der Waals surface area contributed by atoms with E-state index in [2.05, 4.69) is 10.3 Å². The highest BCUT2D eigenvalue weighted by atomic mass is 16.2. The van der Waals surface area contributed by atoms with Crippen LogP contribution in [0.3, 0.4) is 0 Å². The Hall–Kier alpha value is -1.42. The Bertz CT molecular complexity index is 380. The van der Waals surface area contributed by atoms with Crippen molar-refractivity contribution in [2.45, 2.75) is 31.7 Å². The molecule has 1 atom stereocenters. The molecule has 1 aromatic heterocycles. The van der Waals surface area contributed by atoms with Gasteiger partial charge in [-0.3, -0.25) is 9.78 Å². The molecule has 0 bridgehead atoms. The zero-order chi connectivity index (χ0) is 12.8. The quantitative estimate of drug-likeness (QED) is 0.870. The maximum Gasteiger partial charge on any atom is 0.222 e. The molecule has 0 saturated carbocycles. The predicted octanol–water partition coefficient (Wildman–Crippen LogP) is 1.22. The molecule has 2 rings (SSSR count). The molecule has 0 radical (unpaired) electrons. The molecule has 0 aliphatic carbocycles. The molecule has 1 fully saturated rings. The van der Waals surface area contributed by atoms with Crippen molar-refractivity contribution in [2.24, 2.45) is 0 Å². The van der Waals surface area contributed by atoms with Crippen molar-refractivity contribution in [1.82, 2.24) is 15.2 Å². The van der Waals surface area contributed by atoms with Crippen LogP contribution in [0.15, 0.2) is 24.5 Å². The molecule has 98 valence electrons. The summed E-state index contributed by atoms with van der Waals surface area (Å²) >= 11 is 0. The summed E-state index contributed by atoms with van der Waals surface area (Å²) in [7, 11) is 1.97. The fourth-order valence-electron chi connectivity index (χ4n) is 2.40. The number of piperidine rings is 1. The molecule has 0 aromatic carbocycles. The summed E-state index contributed by atoms with van der Waals surface area (Å²) in [5, 5.41) is 3.26. The zero-order valence-corrected chi connectivity index (χ0v) is 10.9. The number of carbonyl (C=O) groups is 1. The van der Waals surface area contributed by atoms with Crippen LogP contribution in [-0.4, -0.2) is 42.0 Å². The number of hydrogen-bond acceptors (Lipinski definition) is 3. The summed E-state index contributed by atoms with van der Waals surface area (Å²) in [6.45, 7) is 1.76. The lowest BCUT2D eigenvalue weighted by atomic mass is 10.0. The fraction of sp³-hybridized carbons (Fsp3) is 0.571. The van der Waals surface area contributed by atoms with Gasteiger partial charge in [0.2, 0.25) is 5.91 Å². The number of likely N-dealkylation sites (N-methyl/N-ethyl adjacent to an activating group) is 1. The number of hydrogen-bond donors (Lipinski definition) is 1. The number of nitrogens with zero attached hydrogens (tertiary/aromatic N) is 2. The Morgan fingerprint density at radius 3 is 3.00 bits per heavy atom. The third kappa shape index (κ3) is 3.53. The van der Waals surface area contributed by atoms with E-state index < -0.39 is 0 Å². The number of carbonyl (C=O) groups excluding carboxylic acids is 1. The van der Waals surface area contributed by atoms with Crippen LogP contribution in [0.25, 0.3) is 0 Å². The Labute approximate surface area is 108 Å². The SMILES string of the molecule is CN[C@@H]1CCCN(C(=O)CCc2ccncc2)C1. The van der Waals surface area contributed by atoms with Crippen molar-refractivity contribution < 1.29 is 4.79 Å². The van der Waals surface area contributed by atoms with Crippen LogP contribution < -0.4 is 5.32 Å². The minimum absolute atomic E-state index is 0.270. The van der Waals surface area contributed by atoms with E-state index >= 15 is 0 Å². The normalized spacial score (nSPS) is 19.8. The molecule has 4 heteroatoms. The summed E-state index contributed by atoms with van der Waals surface area (Å²) in [6, 6.07) is 4.41. The van der Waals surface area contributed by atoms with Gasteiger partial charge in [-0.15, -0.1) is 0 Å². The van der Waals surface area contributed by atoms with Crippen molar-refractivity contribution in [1.29, 1.82) is 0 Å². The number of aromatic nitrogens is 1. The first-order valence-corrected chi connectivity index (χ1v) is 6.63. The lowest BCUT2D eigenvalue weighted by Gasteiger charge is -2.32. The molecule has 1 aliphatic heterocycles. The Morgan fingerprint density at radius 2 is 2.28 bits per heavy atom. The van der Waals surface area contributed by atoms with E-state index in [0.29, 0.717) is 12.5 Å². The molecule has 0 unspecified atom stereocenters. The minimum atomic E-state index is 0.270. The van der Waals surface area contributed by atoms with Crippen LogP contribution in [0, 0.1) is 0 Å². The number of likely N-dealkylation sites (tertiary alicyclic amines) is 1. The lowest BCUT2D eigenvalue weighted by Crippen LogP contribution is -2.47. The average molecular weight is 247 g/mol. The average Bonchev–Trinajstić information content (AvgIpc) is 2.46. The van der Waals surface area contributed by atoms with E-state index in [4.69, 9.17) is 0 Å². The van der Waals surface area contributed by atoms with E-state index in [9.17, 15) is 4.79 Å². The van der Waals surface area contributed by atoms with E-state index in [1.807, 2.05) is 24.1 Å². The first kappa shape index (κ1) is 13.0. The topological polar surface area (TPSA) is 45.2 Å². The van der Waals surface area contributed by atoms with Crippen LogP contribution in [0.1, 0.15) is 24.8 Å². The highest BCUT2D eigenvalue weighted by Gasteiger charge is 2.21. The smallest absolute Gasteiger partial charge is 0.222 e. The van der Waals surface area contributed by atoms with Crippen LogP contribution in [0.5, 0.6) is 0 Å². The largest absolute Gasteiger partial charge is 0.341 e. The van der Waals surface area contributed by atoms with Gasteiger partial charge in [0.15, 0.2) is 0 Å². The summed E-state index contributed by atoms with van der Waals surface area (Å²) in [4.78, 5) is 18.1. The molecule has 1 amide bonds. The van der Waals surface area contributed by atoms with Gasteiger partial charge in [0.25, 0.3) is 0 Å². The van der Waals surface area contributed by atoms with Crippen LogP contribution in [-0.2, 0) is 11.2 Å². The Kier molecular flexibility index (Phi) is 4.70. The van der Waals surface area contributed by atoms with Crippen LogP contribution in [0.4, 0.5) is 0 Å². The first-order valence-electron chi connectivity index (χ1n) is 6.63. The summed E-state index contributed by atoms with van der Waals surface area (Å²) in [6.07, 6.45) is 7.23. The van der Waals surface area contributed by atoms with Gasteiger partial charge < -0.3 is 10.2 Å². The van der Waals surface area contributed by atoms with Crippen molar-refractivity contribution in [2.75, 3.05) is 20.1 Å². The Morgan fingerprint density at radius 1 is 1.50 bits per heavy atom. The second-order valence-corrected chi connectivity index (χ2v) is 4.82. The summed E-state index contributed by atoms with van der Waals surface area (Å²) < 4.78 is 0. The third-order valence-corrected chi connectivity index (χ3v) is 3.56. The molecule has 0 spiro atoms. The molecule has 18 heavy (non-hydrogen) atoms. The maximum atomic E-state index is 12.1. The lowest BCUT2D eigenvalue weighted by molar-refractivity contribution is -0.132. The standard InChI is InChI=1S/C14H21N3O/c1-15-13-3-2-10-17(11-13)14(18)5-4-12-6-8-16-9-7-12/h6-9,13,15H,2-5,10-11H2,1H3/t13-/m1/s1. The molecule has 4 nitrogen and oxygen atoms in total. The van der Waals surface area contributed by atoms with Crippen molar-refractivity contribution in [3.8, 4) is 0 Å². The molecule has 1 saturated heterocycles. The Balaban J connectivity index is 1.81. The number of nitrogens with one attached hydrogen (secondary N) is 1. The van der Waals surface area contributed by atoms with Gasteiger partial charge >= 0.3 is 0 Å². The first-order chi connectivity index (χ1) is 8.79. The second-order valence-electron chi connectivity index (χ2n) is 4.82. The number of rotatable bonds is 4. The van der Waals surface area contributed by atoms with Crippen LogP contribution in [0.2, 0.25) is 0 Å². The van der Waals surface area contributed by atoms with Crippen molar-refractivity contribution in [3.05, 3.63) is 30.1 Å². The van der Waals surface area contributed by atoms with Gasteiger partial charge in [-0.05, 0) is 44.0 Å². The zero-order valence-electron chi connectivity index (χ0n) is 10.9. The maximum absolute atomic E-state index is 12.1. The molecular formula is C14H21N3O. The van der Waals surface area contributed by atoms with Gasteiger partial charge in [-0.1, -0.05) is 0 Å². The van der Waals surface area contributed by atoms with Gasteiger partial charge in [-0.25, -0.2) is 0 Å². The molecule has 1 aliphatic rings. The highest BCUT2D eigenvalue weighted by molar-refractivity contribution is 5.76. The number of aryl methyl sites for hydroxylation is 1. The molecule has 2 heterocycles. The number of pyridine rings is 1. The molecular weight excluding hydrogens is 226 g/mol. The van der Waals surface area contributed by atoms with E-state index in [1.54, 1.807) is 12.4 Å². The third-order valence-electron chi connectivity index (χ3n) is 3.56. The predicted molar refractivity (Wildman–Crippen MR) is 71.2 cm³/mol. The van der Waals surface area contributed by atoms with E-state index in [0.717, 1.165) is 25.9 Å². The van der Waals surface area contributed by atoms with Crippen LogP contribution >= 0.6 is 0 Å². The van der Waals surface area contributed by atoms with E-state index in [1.165, 1.54) is 12.0 Å². The molecule has 1 aromatic rings. The van der Waals surface area contributed by atoms with Crippen molar-refractivity contribution >= 4 is 5.91 Å². The number of amides is 1. The summed E-state index contributed by atoms with van der Waals surface area (Å²) in [5.74, 6) is 0.270. The van der Waals surface area contributed by atoms with Crippen molar-refractivity contribution in [3.63, 3.8) is 0 Å². The second kappa shape index (κ2) is 6.50. The van der Waals surface area contributed by atoms with Gasteiger partial charge in [-0.2, -0.15) is 0 Å². The highest BCUT2D eigenvalue weighted by Crippen LogP contribution is 2.12. The summed E-state index contributed by atoms with van der Waals surface area (Å²) in [5.41, 5.74) is 1.18. The van der Waals surface area contributed by atoms with Gasteiger partial charge in [0, 0.05) is 37.9 Å². The van der Waals surface area contributed by atoms with Gasteiger partial charge in [0.1, 0.15) is 0 Å². The van der Waals surface area contributed by atoms with Gasteiger partial charge in [0.05, 0.1) is 0 Å². The fourth-order valence-corrected chi connectivity index (χ4v) is 2.40.